The van der Waals surface area contributed by atoms with Crippen molar-refractivity contribution >= 4 is 11.7 Å². The van der Waals surface area contributed by atoms with Crippen molar-refractivity contribution in [2.45, 2.75) is 51.9 Å². The number of likely N-dealkylation sites (tertiary alicyclic amines) is 1. The Bertz CT molecular complexity index is 393. The molecule has 1 N–H and O–H groups in total. The third-order valence-electron chi connectivity index (χ3n) is 5.73. The van der Waals surface area contributed by atoms with Crippen molar-refractivity contribution in [3.05, 3.63) is 0 Å². The number of ketones is 1. The van der Waals surface area contributed by atoms with Gasteiger partial charge in [-0.05, 0) is 64.0 Å². The van der Waals surface area contributed by atoms with E-state index < -0.39 is 0 Å². The van der Waals surface area contributed by atoms with Crippen molar-refractivity contribution in [2.24, 2.45) is 11.3 Å². The lowest BCUT2D eigenvalue weighted by Gasteiger charge is -2.45. The fourth-order valence-electron chi connectivity index (χ4n) is 3.96. The first-order valence-corrected chi connectivity index (χ1v) is 9.06. The normalized spacial score (nSPS) is 22.2. The van der Waals surface area contributed by atoms with Gasteiger partial charge in [0.25, 0.3) is 0 Å². The minimum atomic E-state index is 0.192. The second-order valence-electron chi connectivity index (χ2n) is 7.29. The Morgan fingerprint density at radius 1 is 1.13 bits per heavy atom. The van der Waals surface area contributed by atoms with Crippen LogP contribution in [-0.4, -0.2) is 56.5 Å². The summed E-state index contributed by atoms with van der Waals surface area (Å²) in [6, 6.07) is 0. The molecule has 1 amide bonds. The number of ether oxygens (including phenoxy) is 1. The third-order valence-corrected chi connectivity index (χ3v) is 5.73. The summed E-state index contributed by atoms with van der Waals surface area (Å²) in [5, 5.41) is 2.79. The van der Waals surface area contributed by atoms with Crippen LogP contribution in [0.25, 0.3) is 0 Å². The maximum Gasteiger partial charge on any atom is 0.222 e. The molecule has 0 bridgehead atoms. The average Bonchev–Trinajstić information content (AvgIpc) is 2.56. The van der Waals surface area contributed by atoms with E-state index >= 15 is 0 Å². The van der Waals surface area contributed by atoms with Gasteiger partial charge in [0, 0.05) is 25.9 Å². The number of hydrogen-bond donors (Lipinski definition) is 1. The first-order chi connectivity index (χ1) is 11.0. The number of rotatable bonds is 7. The number of amides is 1. The van der Waals surface area contributed by atoms with E-state index in [1.807, 2.05) is 0 Å². The molecule has 0 atom stereocenters. The SMILES string of the molecule is CNC(=O)C1CCC2(CC1)CCN(CCOCCC(C)=O)CC2. The molecule has 1 aliphatic carbocycles. The highest BCUT2D eigenvalue weighted by atomic mass is 16.5. The van der Waals surface area contributed by atoms with Crippen LogP contribution in [0.1, 0.15) is 51.9 Å². The number of piperidine rings is 1. The lowest BCUT2D eigenvalue weighted by molar-refractivity contribution is -0.126. The minimum Gasteiger partial charge on any atom is -0.380 e. The van der Waals surface area contributed by atoms with Crippen molar-refractivity contribution in [1.82, 2.24) is 10.2 Å². The molecular weight excluding hydrogens is 292 g/mol. The lowest BCUT2D eigenvalue weighted by Crippen LogP contribution is -2.44. The molecule has 2 fully saturated rings. The van der Waals surface area contributed by atoms with Crippen LogP contribution in [-0.2, 0) is 14.3 Å². The summed E-state index contributed by atoms with van der Waals surface area (Å²) in [5.41, 5.74) is 0.483. The number of nitrogens with zero attached hydrogens (tertiary/aromatic N) is 1. The van der Waals surface area contributed by atoms with Crippen LogP contribution in [0.5, 0.6) is 0 Å². The van der Waals surface area contributed by atoms with Crippen molar-refractivity contribution in [1.29, 1.82) is 0 Å². The van der Waals surface area contributed by atoms with Crippen LogP contribution in [0.3, 0.4) is 0 Å². The maximum absolute atomic E-state index is 11.7. The summed E-state index contributed by atoms with van der Waals surface area (Å²) in [6.07, 6.45) is 7.53. The number of hydrogen-bond acceptors (Lipinski definition) is 4. The Morgan fingerprint density at radius 2 is 1.78 bits per heavy atom. The van der Waals surface area contributed by atoms with Gasteiger partial charge in [0.2, 0.25) is 5.91 Å². The average molecular weight is 324 g/mol. The predicted molar refractivity (Wildman–Crippen MR) is 90.2 cm³/mol. The quantitative estimate of drug-likeness (QED) is 0.728. The van der Waals surface area contributed by atoms with E-state index in [4.69, 9.17) is 4.74 Å². The fourth-order valence-corrected chi connectivity index (χ4v) is 3.96. The van der Waals surface area contributed by atoms with Crippen LogP contribution in [0, 0.1) is 11.3 Å². The van der Waals surface area contributed by atoms with Gasteiger partial charge in [-0.2, -0.15) is 0 Å². The first kappa shape index (κ1) is 18.4. The van der Waals surface area contributed by atoms with Gasteiger partial charge < -0.3 is 15.0 Å². The molecular formula is C18H32N2O3. The van der Waals surface area contributed by atoms with Gasteiger partial charge >= 0.3 is 0 Å². The van der Waals surface area contributed by atoms with Crippen molar-refractivity contribution in [3.63, 3.8) is 0 Å². The van der Waals surface area contributed by atoms with Gasteiger partial charge in [-0.15, -0.1) is 0 Å². The molecule has 132 valence electrons. The van der Waals surface area contributed by atoms with Gasteiger partial charge in [0.05, 0.1) is 13.2 Å². The lowest BCUT2D eigenvalue weighted by atomic mass is 9.65. The summed E-state index contributed by atoms with van der Waals surface area (Å²) in [5.74, 6) is 0.649. The van der Waals surface area contributed by atoms with Crippen molar-refractivity contribution < 1.29 is 14.3 Å². The molecule has 23 heavy (non-hydrogen) atoms. The minimum absolute atomic E-state index is 0.192. The molecule has 5 nitrogen and oxygen atoms in total. The van der Waals surface area contributed by atoms with Gasteiger partial charge in [-0.25, -0.2) is 0 Å². The Hall–Kier alpha value is -0.940. The molecule has 1 heterocycles. The van der Waals surface area contributed by atoms with Crippen LogP contribution < -0.4 is 5.32 Å². The number of carbonyl (C=O) groups excluding carboxylic acids is 2. The largest absolute Gasteiger partial charge is 0.380 e. The van der Waals surface area contributed by atoms with E-state index in [1.54, 1.807) is 14.0 Å². The summed E-state index contributed by atoms with van der Waals surface area (Å²) in [6.45, 7) is 6.12. The molecule has 2 aliphatic rings. The highest BCUT2D eigenvalue weighted by Crippen LogP contribution is 2.46. The van der Waals surface area contributed by atoms with E-state index in [2.05, 4.69) is 10.2 Å². The monoisotopic (exact) mass is 324 g/mol. The number of Topliss-reactive ketones (excluding diaryl/α,β-unsaturated/α-hetero) is 1. The Balaban J connectivity index is 1.62. The molecule has 1 aliphatic heterocycles. The molecule has 1 spiro atoms. The molecule has 2 rings (SSSR count). The number of nitrogens with one attached hydrogen (secondary N) is 1. The smallest absolute Gasteiger partial charge is 0.222 e. The second-order valence-corrected chi connectivity index (χ2v) is 7.29. The van der Waals surface area contributed by atoms with Crippen molar-refractivity contribution in [2.75, 3.05) is 39.9 Å². The molecule has 0 aromatic rings. The summed E-state index contributed by atoms with van der Waals surface area (Å²) < 4.78 is 5.53. The summed E-state index contributed by atoms with van der Waals surface area (Å²) in [4.78, 5) is 25.1. The Labute approximate surface area is 140 Å². The topological polar surface area (TPSA) is 58.6 Å². The van der Waals surface area contributed by atoms with E-state index in [0.717, 1.165) is 39.1 Å². The molecule has 0 radical (unpaired) electrons. The van der Waals surface area contributed by atoms with Crippen LogP contribution >= 0.6 is 0 Å². The zero-order chi connectivity index (χ0) is 16.7. The predicted octanol–water partition coefficient (Wildman–Crippen LogP) is 2.00. The van der Waals surface area contributed by atoms with Crippen LogP contribution in [0.2, 0.25) is 0 Å². The Kier molecular flexibility index (Phi) is 7.03. The van der Waals surface area contributed by atoms with Gasteiger partial charge in [0.1, 0.15) is 5.78 Å². The van der Waals surface area contributed by atoms with E-state index in [9.17, 15) is 9.59 Å². The van der Waals surface area contributed by atoms with E-state index in [0.29, 0.717) is 18.4 Å². The third kappa shape index (κ3) is 5.57. The van der Waals surface area contributed by atoms with Gasteiger partial charge in [0.15, 0.2) is 0 Å². The Morgan fingerprint density at radius 3 is 2.35 bits per heavy atom. The van der Waals surface area contributed by atoms with E-state index in [1.165, 1.54) is 25.7 Å². The van der Waals surface area contributed by atoms with Crippen LogP contribution in [0.15, 0.2) is 0 Å². The standard InChI is InChI=1S/C18H32N2O3/c1-15(21)5-13-23-14-12-20-10-8-18(9-11-20)6-3-16(4-7-18)17(22)19-2/h16H,3-14H2,1-2H3,(H,19,22). The highest BCUT2D eigenvalue weighted by Gasteiger charge is 2.39. The summed E-state index contributed by atoms with van der Waals surface area (Å²) >= 11 is 0. The molecule has 0 aromatic heterocycles. The van der Waals surface area contributed by atoms with Crippen LogP contribution in [0.4, 0.5) is 0 Å². The molecule has 0 aromatic carbocycles. The molecule has 1 saturated carbocycles. The zero-order valence-corrected chi connectivity index (χ0v) is 14.7. The molecule has 0 unspecified atom stereocenters. The molecule has 5 heteroatoms. The maximum atomic E-state index is 11.7. The molecule has 1 saturated heterocycles. The number of carbonyl (C=O) groups is 2. The van der Waals surface area contributed by atoms with Crippen molar-refractivity contribution in [3.8, 4) is 0 Å². The van der Waals surface area contributed by atoms with Gasteiger partial charge in [-0.3, -0.25) is 9.59 Å². The highest BCUT2D eigenvalue weighted by molar-refractivity contribution is 5.78. The zero-order valence-electron chi connectivity index (χ0n) is 14.7. The second kappa shape index (κ2) is 8.78. The van der Waals surface area contributed by atoms with Gasteiger partial charge in [-0.1, -0.05) is 0 Å². The first-order valence-electron chi connectivity index (χ1n) is 9.06. The van der Waals surface area contributed by atoms with E-state index in [-0.39, 0.29) is 17.6 Å². The fraction of sp³-hybridized carbons (Fsp3) is 0.889. The summed E-state index contributed by atoms with van der Waals surface area (Å²) in [7, 11) is 1.74.